The molecule has 0 aliphatic heterocycles. The first-order chi connectivity index (χ1) is 7.84. The van der Waals surface area contributed by atoms with Gasteiger partial charge in [-0.2, -0.15) is 0 Å². The number of aromatic nitrogens is 1. The predicted molar refractivity (Wildman–Crippen MR) is 51.6 cm³/mol. The number of carboxylic acids is 1. The van der Waals surface area contributed by atoms with E-state index in [2.05, 4.69) is 4.98 Å². The van der Waals surface area contributed by atoms with Crippen LogP contribution in [-0.4, -0.2) is 21.0 Å². The van der Waals surface area contributed by atoms with Gasteiger partial charge in [0.15, 0.2) is 6.20 Å². The lowest BCUT2D eigenvalue weighted by Crippen LogP contribution is -2.11. The fraction of sp³-hybridized carbons (Fsp3) is 0.250. The molecule has 0 atom stereocenters. The minimum absolute atomic E-state index is 0.514. The van der Waals surface area contributed by atoms with E-state index in [4.69, 9.17) is 10.8 Å². The molecule has 0 unspecified atom stereocenters. The standard InChI is InChI=1S/C8H7F2N3O4/c9-7(10)4-2-12-8(13(16)17)3(6(4)11)1-5(14)15/h2,7H,1H2,(H2,11,12)(H,14,15). The lowest BCUT2D eigenvalue weighted by atomic mass is 10.1. The molecule has 3 N–H and O–H groups in total. The quantitative estimate of drug-likeness (QED) is 0.608. The van der Waals surface area contributed by atoms with Crippen LogP contribution in [0.25, 0.3) is 0 Å². The van der Waals surface area contributed by atoms with E-state index in [1.54, 1.807) is 0 Å². The van der Waals surface area contributed by atoms with Crippen molar-refractivity contribution < 1.29 is 23.6 Å². The molecule has 0 amide bonds. The topological polar surface area (TPSA) is 119 Å². The molecule has 0 saturated carbocycles. The average Bonchev–Trinajstić information content (AvgIpc) is 2.19. The van der Waals surface area contributed by atoms with Gasteiger partial charge in [-0.05, 0) is 9.91 Å². The van der Waals surface area contributed by atoms with Gasteiger partial charge in [0, 0.05) is 0 Å². The third-order valence-electron chi connectivity index (χ3n) is 1.97. The van der Waals surface area contributed by atoms with Crippen molar-refractivity contribution in [3.8, 4) is 0 Å². The van der Waals surface area contributed by atoms with Crippen LogP contribution in [-0.2, 0) is 11.2 Å². The number of halogens is 2. The van der Waals surface area contributed by atoms with E-state index in [-0.39, 0.29) is 0 Å². The van der Waals surface area contributed by atoms with Crippen LogP contribution in [0.2, 0.25) is 0 Å². The molecule has 0 aliphatic rings. The highest BCUT2D eigenvalue weighted by Crippen LogP contribution is 2.31. The van der Waals surface area contributed by atoms with Crippen molar-refractivity contribution in [3.63, 3.8) is 0 Å². The molecule has 1 rings (SSSR count). The third kappa shape index (κ3) is 2.62. The number of aliphatic carboxylic acids is 1. The average molecular weight is 247 g/mol. The lowest BCUT2D eigenvalue weighted by Gasteiger charge is -2.07. The summed E-state index contributed by atoms with van der Waals surface area (Å²) in [6, 6.07) is 0. The van der Waals surface area contributed by atoms with Crippen LogP contribution in [0.5, 0.6) is 0 Å². The van der Waals surface area contributed by atoms with Crippen molar-refractivity contribution in [1.82, 2.24) is 4.98 Å². The molecule has 17 heavy (non-hydrogen) atoms. The van der Waals surface area contributed by atoms with Crippen LogP contribution >= 0.6 is 0 Å². The molecule has 0 aliphatic carbocycles. The second-order valence-electron chi connectivity index (χ2n) is 3.06. The number of nitro groups is 1. The molecule has 1 aromatic rings. The van der Waals surface area contributed by atoms with E-state index in [0.717, 1.165) is 0 Å². The molecule has 0 spiro atoms. The minimum atomic E-state index is -2.98. The summed E-state index contributed by atoms with van der Waals surface area (Å²) >= 11 is 0. The number of carboxylic acid groups (broad SMARTS) is 1. The van der Waals surface area contributed by atoms with Crippen LogP contribution in [0.15, 0.2) is 6.20 Å². The molecule has 9 heteroatoms. The van der Waals surface area contributed by atoms with Crippen LogP contribution < -0.4 is 5.73 Å². The Morgan fingerprint density at radius 3 is 2.65 bits per heavy atom. The summed E-state index contributed by atoms with van der Waals surface area (Å²) < 4.78 is 24.9. The van der Waals surface area contributed by atoms with Crippen molar-refractivity contribution in [2.24, 2.45) is 0 Å². The summed E-state index contributed by atoms with van der Waals surface area (Å²) in [5.74, 6) is -2.25. The van der Waals surface area contributed by atoms with Crippen LogP contribution in [0.3, 0.4) is 0 Å². The summed E-state index contributed by atoms with van der Waals surface area (Å²) in [4.78, 5) is 23.2. The zero-order valence-electron chi connectivity index (χ0n) is 8.26. The maximum atomic E-state index is 12.4. The normalized spacial score (nSPS) is 10.5. The monoisotopic (exact) mass is 247 g/mol. The van der Waals surface area contributed by atoms with Gasteiger partial charge in [-0.3, -0.25) is 4.79 Å². The van der Waals surface area contributed by atoms with Gasteiger partial charge >= 0.3 is 11.8 Å². The van der Waals surface area contributed by atoms with E-state index >= 15 is 0 Å². The van der Waals surface area contributed by atoms with Crippen molar-refractivity contribution in [1.29, 1.82) is 0 Å². The molecular weight excluding hydrogens is 240 g/mol. The first-order valence-corrected chi connectivity index (χ1v) is 4.26. The zero-order chi connectivity index (χ0) is 13.2. The number of carbonyl (C=O) groups is 1. The maximum Gasteiger partial charge on any atom is 0.369 e. The molecule has 1 heterocycles. The van der Waals surface area contributed by atoms with E-state index in [9.17, 15) is 23.7 Å². The van der Waals surface area contributed by atoms with Gasteiger partial charge < -0.3 is 21.0 Å². The summed E-state index contributed by atoms with van der Waals surface area (Å²) in [5, 5.41) is 19.1. The Hall–Kier alpha value is -2.32. The minimum Gasteiger partial charge on any atom is -0.481 e. The Kier molecular flexibility index (Phi) is 3.51. The number of rotatable bonds is 4. The smallest absolute Gasteiger partial charge is 0.369 e. The van der Waals surface area contributed by atoms with Crippen molar-refractivity contribution in [2.75, 3.05) is 5.73 Å². The molecule has 0 bridgehead atoms. The second kappa shape index (κ2) is 4.68. The van der Waals surface area contributed by atoms with Crippen molar-refractivity contribution in [2.45, 2.75) is 12.8 Å². The summed E-state index contributed by atoms with van der Waals surface area (Å²) in [6.45, 7) is 0. The summed E-state index contributed by atoms with van der Waals surface area (Å²) in [7, 11) is 0. The van der Waals surface area contributed by atoms with E-state index < -0.39 is 46.4 Å². The molecule has 0 radical (unpaired) electrons. The second-order valence-corrected chi connectivity index (χ2v) is 3.06. The number of nitrogens with two attached hydrogens (primary N) is 1. The highest BCUT2D eigenvalue weighted by molar-refractivity contribution is 5.76. The highest BCUT2D eigenvalue weighted by Gasteiger charge is 2.26. The number of nitrogen functional groups attached to an aromatic ring is 1. The fourth-order valence-corrected chi connectivity index (χ4v) is 1.23. The maximum absolute atomic E-state index is 12.4. The zero-order valence-corrected chi connectivity index (χ0v) is 8.26. The number of nitrogens with zero attached hydrogens (tertiary/aromatic N) is 2. The van der Waals surface area contributed by atoms with Gasteiger partial charge in [-0.15, -0.1) is 0 Å². The van der Waals surface area contributed by atoms with Crippen LogP contribution in [0, 0.1) is 10.1 Å². The van der Waals surface area contributed by atoms with Crippen LogP contribution in [0.1, 0.15) is 17.6 Å². The Labute approximate surface area is 93.0 Å². The molecule has 0 fully saturated rings. The SMILES string of the molecule is Nc1c(C(F)F)cnc([N+](=O)[O-])c1CC(=O)O. The van der Waals surface area contributed by atoms with Gasteiger partial charge in [-0.25, -0.2) is 8.78 Å². The van der Waals surface area contributed by atoms with Gasteiger partial charge in [0.25, 0.3) is 6.43 Å². The summed E-state index contributed by atoms with van der Waals surface area (Å²) in [6.07, 6.45) is -3.24. The number of hydrogen-bond acceptors (Lipinski definition) is 5. The molecule has 92 valence electrons. The molecule has 0 aromatic carbocycles. The van der Waals surface area contributed by atoms with Gasteiger partial charge in [-0.1, -0.05) is 0 Å². The lowest BCUT2D eigenvalue weighted by molar-refractivity contribution is -0.390. The Morgan fingerprint density at radius 1 is 1.65 bits per heavy atom. The molecular formula is C8H7F2N3O4. The molecule has 7 nitrogen and oxygen atoms in total. The Balaban J connectivity index is 3.41. The van der Waals surface area contributed by atoms with Gasteiger partial charge in [0.2, 0.25) is 0 Å². The highest BCUT2D eigenvalue weighted by atomic mass is 19.3. The molecule has 0 saturated heterocycles. The predicted octanol–water partition coefficient (Wildman–Crippen LogP) is 1.14. The first-order valence-electron chi connectivity index (χ1n) is 4.26. The number of anilines is 1. The largest absolute Gasteiger partial charge is 0.481 e. The number of alkyl halides is 2. The van der Waals surface area contributed by atoms with E-state index in [1.165, 1.54) is 0 Å². The Bertz CT molecular complexity index is 478. The van der Waals surface area contributed by atoms with Crippen LogP contribution in [0.4, 0.5) is 20.3 Å². The van der Waals surface area contributed by atoms with Crippen molar-refractivity contribution in [3.05, 3.63) is 27.4 Å². The third-order valence-corrected chi connectivity index (χ3v) is 1.97. The van der Waals surface area contributed by atoms with Gasteiger partial charge in [0.05, 0.1) is 23.2 Å². The number of pyridine rings is 1. The Morgan fingerprint density at radius 2 is 2.24 bits per heavy atom. The first kappa shape index (κ1) is 12.7. The van der Waals surface area contributed by atoms with E-state index in [0.29, 0.717) is 6.20 Å². The number of hydrogen-bond donors (Lipinski definition) is 2. The fourth-order valence-electron chi connectivity index (χ4n) is 1.23. The van der Waals surface area contributed by atoms with Crippen molar-refractivity contribution >= 4 is 17.5 Å². The van der Waals surface area contributed by atoms with E-state index in [1.807, 2.05) is 0 Å². The van der Waals surface area contributed by atoms with Gasteiger partial charge in [0.1, 0.15) is 0 Å². The molecule has 1 aromatic heterocycles. The summed E-state index contributed by atoms with van der Waals surface area (Å²) in [5.41, 5.74) is 3.45.